The van der Waals surface area contributed by atoms with Crippen molar-refractivity contribution in [1.29, 1.82) is 0 Å². The van der Waals surface area contributed by atoms with Gasteiger partial charge in [0.2, 0.25) is 0 Å². The predicted octanol–water partition coefficient (Wildman–Crippen LogP) is 0.753. The number of amides is 1. The first-order valence-electron chi connectivity index (χ1n) is 6.49. The van der Waals surface area contributed by atoms with Gasteiger partial charge in [0.25, 0.3) is 18.0 Å². The Balaban J connectivity index is 2.14. The Morgan fingerprint density at radius 3 is 2.68 bits per heavy atom. The van der Waals surface area contributed by atoms with Crippen LogP contribution in [-0.2, 0) is 9.30 Å². The van der Waals surface area contributed by atoms with Gasteiger partial charge < -0.3 is 20.7 Å². The first-order chi connectivity index (χ1) is 10.2. The molecular weight excluding hydrogens is 354 g/mol. The maximum Gasteiger partial charge on any atom is 0.291 e. The van der Waals surface area contributed by atoms with Gasteiger partial charge in [-0.3, -0.25) is 9.36 Å². The van der Waals surface area contributed by atoms with Crippen LogP contribution in [0, 0.1) is 0 Å². The summed E-state index contributed by atoms with van der Waals surface area (Å²) in [6.45, 7) is 0. The van der Waals surface area contributed by atoms with Crippen LogP contribution in [0.25, 0.3) is 0 Å². The number of halogens is 2. The van der Waals surface area contributed by atoms with Crippen LogP contribution in [0.15, 0.2) is 24.5 Å². The van der Waals surface area contributed by atoms with Gasteiger partial charge in [-0.2, -0.15) is 4.57 Å². The van der Waals surface area contributed by atoms with Crippen LogP contribution in [0.1, 0.15) is 23.0 Å². The van der Waals surface area contributed by atoms with Crippen LogP contribution in [-0.4, -0.2) is 40.6 Å². The molecule has 2 rings (SSSR count). The lowest BCUT2D eigenvalue weighted by Gasteiger charge is -2.13. The maximum absolute atomic E-state index is 11.3. The lowest BCUT2D eigenvalue weighted by Crippen LogP contribution is -2.46. The van der Waals surface area contributed by atoms with Crippen molar-refractivity contribution >= 4 is 34.2 Å². The Morgan fingerprint density at radius 1 is 1.41 bits per heavy atom. The Morgan fingerprint density at radius 2 is 2.09 bits per heavy atom. The Hall–Kier alpha value is -0.690. The summed E-state index contributed by atoms with van der Waals surface area (Å²) in [5.74, 6) is -3.89. The predicted molar refractivity (Wildman–Crippen MR) is 79.9 cm³/mol. The minimum atomic E-state index is -3.27. The molecule has 1 aliphatic heterocycles. The molecule has 0 bridgehead atoms. The second kappa shape index (κ2) is 6.83. The van der Waals surface area contributed by atoms with Crippen LogP contribution in [0.4, 0.5) is 0 Å². The average Bonchev–Trinajstić information content (AvgIpc) is 2.72. The van der Waals surface area contributed by atoms with E-state index >= 15 is 0 Å². The zero-order valence-corrected chi connectivity index (χ0v) is 13.8. The number of aliphatic hydroxyl groups is 2. The Bertz CT molecular complexity index is 611. The fourth-order valence-electron chi connectivity index (χ4n) is 2.29. The number of aliphatic hydroxyl groups excluding tert-OH is 2. The van der Waals surface area contributed by atoms with E-state index in [0.717, 1.165) is 0 Å². The second-order valence-corrected chi connectivity index (χ2v) is 10.4. The van der Waals surface area contributed by atoms with E-state index in [1.165, 1.54) is 16.8 Å². The highest BCUT2D eigenvalue weighted by Gasteiger charge is 2.48. The van der Waals surface area contributed by atoms with Gasteiger partial charge in [0.1, 0.15) is 11.7 Å². The molecule has 1 fully saturated rings. The first-order valence-corrected chi connectivity index (χ1v) is 10.2. The second-order valence-electron chi connectivity index (χ2n) is 5.03. The molecule has 1 aromatic rings. The first kappa shape index (κ1) is 17.7. The molecule has 4 atom stereocenters. The SMILES string of the molecule is NC(=O)c1ccc[n+](C2O[C@H](CCP(=O)(Cl)Cl)[C@@H](O)[C@H]2O)c1. The van der Waals surface area contributed by atoms with Crippen molar-refractivity contribution in [2.45, 2.75) is 31.0 Å². The van der Waals surface area contributed by atoms with Crippen molar-refractivity contribution in [2.75, 3.05) is 6.16 Å². The summed E-state index contributed by atoms with van der Waals surface area (Å²) in [6.07, 6.45) is -0.987. The maximum atomic E-state index is 11.3. The van der Waals surface area contributed by atoms with Crippen LogP contribution in [0.2, 0.25) is 0 Å². The molecule has 1 saturated heterocycles. The van der Waals surface area contributed by atoms with Crippen molar-refractivity contribution in [2.24, 2.45) is 5.73 Å². The van der Waals surface area contributed by atoms with E-state index in [0.29, 0.717) is 0 Å². The van der Waals surface area contributed by atoms with E-state index < -0.39 is 36.3 Å². The number of pyridine rings is 1. The van der Waals surface area contributed by atoms with Gasteiger partial charge >= 0.3 is 0 Å². The monoisotopic (exact) mass is 369 g/mol. The highest BCUT2D eigenvalue weighted by molar-refractivity contribution is 8.08. The molecule has 0 saturated carbocycles. The number of rotatable bonds is 5. The van der Waals surface area contributed by atoms with E-state index in [-0.39, 0.29) is 18.1 Å². The number of hydrogen-bond donors (Lipinski definition) is 3. The van der Waals surface area contributed by atoms with Crippen molar-refractivity contribution in [3.8, 4) is 0 Å². The summed E-state index contributed by atoms with van der Waals surface area (Å²) >= 11 is 10.9. The van der Waals surface area contributed by atoms with E-state index in [4.69, 9.17) is 33.0 Å². The molecule has 10 heteroatoms. The Labute approximate surface area is 136 Å². The van der Waals surface area contributed by atoms with Crippen molar-refractivity contribution < 1.29 is 28.9 Å². The average molecular weight is 370 g/mol. The third kappa shape index (κ3) is 4.19. The quantitative estimate of drug-likeness (QED) is 0.523. The number of hydrogen-bond acceptors (Lipinski definition) is 5. The molecular formula is C12H16Cl2N2O5P+. The van der Waals surface area contributed by atoms with Crippen molar-refractivity contribution in [3.05, 3.63) is 30.1 Å². The molecule has 0 aliphatic carbocycles. The van der Waals surface area contributed by atoms with Crippen molar-refractivity contribution in [1.82, 2.24) is 0 Å². The summed E-state index contributed by atoms with van der Waals surface area (Å²) in [5, 5.41) is 20.1. The van der Waals surface area contributed by atoms with Gasteiger partial charge in [-0.1, -0.05) is 0 Å². The Kier molecular flexibility index (Phi) is 5.48. The summed E-state index contributed by atoms with van der Waals surface area (Å²) in [4.78, 5) is 11.2. The van der Waals surface area contributed by atoms with Gasteiger partial charge in [-0.25, -0.2) is 0 Å². The molecule has 2 heterocycles. The summed E-state index contributed by atoms with van der Waals surface area (Å²) in [6, 6.07) is 3.09. The number of nitrogens with two attached hydrogens (primary N) is 1. The van der Waals surface area contributed by atoms with Crippen LogP contribution >= 0.6 is 28.3 Å². The van der Waals surface area contributed by atoms with Gasteiger partial charge in [-0.15, -0.1) is 0 Å². The zero-order chi connectivity index (χ0) is 16.5. The molecule has 0 aromatic carbocycles. The molecule has 1 aromatic heterocycles. The van der Waals surface area contributed by atoms with Gasteiger partial charge in [0, 0.05) is 12.2 Å². The molecule has 22 heavy (non-hydrogen) atoms. The number of carbonyl (C=O) groups excluding carboxylic acids is 1. The summed E-state index contributed by atoms with van der Waals surface area (Å²) < 4.78 is 18.3. The summed E-state index contributed by atoms with van der Waals surface area (Å²) in [7, 11) is 0. The topological polar surface area (TPSA) is 114 Å². The molecule has 122 valence electrons. The van der Waals surface area contributed by atoms with E-state index in [1.807, 2.05) is 0 Å². The van der Waals surface area contributed by atoms with E-state index in [1.54, 1.807) is 12.3 Å². The number of ether oxygens (including phenoxy) is 1. The molecule has 0 spiro atoms. The normalized spacial score (nSPS) is 28.7. The lowest BCUT2D eigenvalue weighted by molar-refractivity contribution is -0.765. The number of carbonyl (C=O) groups is 1. The zero-order valence-electron chi connectivity index (χ0n) is 11.4. The lowest BCUT2D eigenvalue weighted by atomic mass is 10.1. The molecule has 1 aliphatic rings. The third-order valence-corrected chi connectivity index (χ3v) is 5.20. The number of nitrogens with zero attached hydrogens (tertiary/aromatic N) is 1. The van der Waals surface area contributed by atoms with Crippen molar-refractivity contribution in [3.63, 3.8) is 0 Å². The molecule has 1 unspecified atom stereocenters. The van der Waals surface area contributed by atoms with Gasteiger partial charge in [-0.05, 0) is 35.0 Å². The van der Waals surface area contributed by atoms with Gasteiger partial charge in [0.15, 0.2) is 18.5 Å². The molecule has 7 nitrogen and oxygen atoms in total. The molecule has 0 radical (unpaired) electrons. The summed E-state index contributed by atoms with van der Waals surface area (Å²) in [5.41, 5.74) is 5.44. The highest BCUT2D eigenvalue weighted by atomic mass is 35.9. The van der Waals surface area contributed by atoms with Crippen LogP contribution < -0.4 is 10.3 Å². The molecule has 1 amide bonds. The minimum absolute atomic E-state index is 0.0384. The standard InChI is InChI=1S/C12H15Cl2N2O5P/c13-22(14,20)5-3-8-9(17)10(18)12(21-8)16-4-1-2-7(6-16)11(15)19/h1-2,4,6,8-10,12,17-18H,3,5H2,(H-,15,19)/p+1/t8-,9-,10-,12?/m1/s1. The largest absolute Gasteiger partial charge is 0.387 e. The number of primary amides is 1. The van der Waals surface area contributed by atoms with E-state index in [2.05, 4.69) is 0 Å². The minimum Gasteiger partial charge on any atom is -0.387 e. The smallest absolute Gasteiger partial charge is 0.291 e. The highest BCUT2D eigenvalue weighted by Crippen LogP contribution is 2.57. The fourth-order valence-corrected chi connectivity index (χ4v) is 3.43. The van der Waals surface area contributed by atoms with Crippen LogP contribution in [0.3, 0.4) is 0 Å². The van der Waals surface area contributed by atoms with E-state index in [9.17, 15) is 19.6 Å². The van der Waals surface area contributed by atoms with Gasteiger partial charge in [0.05, 0.1) is 6.10 Å². The third-order valence-electron chi connectivity index (χ3n) is 3.41. The fraction of sp³-hybridized carbons (Fsp3) is 0.500. The number of aromatic nitrogens is 1. The molecule has 4 N–H and O–H groups in total. The van der Waals surface area contributed by atoms with Crippen LogP contribution in [0.5, 0.6) is 0 Å².